The molecule has 1 aromatic rings. The van der Waals surface area contributed by atoms with Crippen LogP contribution in [0.15, 0.2) is 35.2 Å². The Balaban J connectivity index is 1.77. The van der Waals surface area contributed by atoms with Gasteiger partial charge in [-0.2, -0.15) is 0 Å². The zero-order chi connectivity index (χ0) is 22.6. The molecule has 2 aliphatic rings. The highest BCUT2D eigenvalue weighted by molar-refractivity contribution is 7.89. The van der Waals surface area contributed by atoms with Crippen molar-refractivity contribution in [3.63, 3.8) is 0 Å². The molecule has 0 radical (unpaired) electrons. The molecule has 0 amide bonds. The summed E-state index contributed by atoms with van der Waals surface area (Å²) in [5, 5.41) is 0. The molecule has 1 N–H and O–H groups in total. The molecule has 2 bridgehead atoms. The predicted molar refractivity (Wildman–Crippen MR) is 118 cm³/mol. The molecule has 0 spiro atoms. The Morgan fingerprint density at radius 2 is 1.71 bits per heavy atom. The summed E-state index contributed by atoms with van der Waals surface area (Å²) in [7, 11) is -3.87. The summed E-state index contributed by atoms with van der Waals surface area (Å²) in [6.07, 6.45) is 4.96. The van der Waals surface area contributed by atoms with Gasteiger partial charge in [0.15, 0.2) is 11.6 Å². The maximum Gasteiger partial charge on any atom is 0.241 e. The Hall–Kier alpha value is -1.86. The molecular formula is C24H33NO5S. The van der Waals surface area contributed by atoms with E-state index >= 15 is 0 Å². The highest BCUT2D eigenvalue weighted by atomic mass is 32.2. The molecule has 7 heteroatoms. The van der Waals surface area contributed by atoms with Crippen molar-refractivity contribution in [2.24, 2.45) is 23.7 Å². The SMILES string of the molecule is CC(C)CC(NS(=O)(=O)c1ccccc1)C(=O)CC1CC2CCC(CCC(=O)C1=O)C2. The quantitative estimate of drug-likeness (QED) is 0.613. The van der Waals surface area contributed by atoms with E-state index in [9.17, 15) is 22.8 Å². The Morgan fingerprint density at radius 1 is 1.03 bits per heavy atom. The second-order valence-corrected chi connectivity index (χ2v) is 11.3. The van der Waals surface area contributed by atoms with Crippen LogP contribution in [0.1, 0.15) is 65.2 Å². The lowest BCUT2D eigenvalue weighted by atomic mass is 9.83. The van der Waals surface area contributed by atoms with Crippen LogP contribution in [0.5, 0.6) is 0 Å². The number of benzene rings is 1. The molecule has 6 nitrogen and oxygen atoms in total. The number of nitrogens with one attached hydrogen (secondary N) is 1. The van der Waals surface area contributed by atoms with Crippen LogP contribution < -0.4 is 4.72 Å². The minimum atomic E-state index is -3.87. The van der Waals surface area contributed by atoms with Gasteiger partial charge in [-0.25, -0.2) is 13.1 Å². The first-order chi connectivity index (χ1) is 14.7. The molecule has 0 aromatic heterocycles. The van der Waals surface area contributed by atoms with Crippen LogP contribution in [-0.2, 0) is 24.4 Å². The molecule has 170 valence electrons. The number of carbonyl (C=O) groups excluding carboxylic acids is 3. The van der Waals surface area contributed by atoms with Crippen LogP contribution in [0.25, 0.3) is 0 Å². The van der Waals surface area contributed by atoms with E-state index in [1.165, 1.54) is 12.1 Å². The summed E-state index contributed by atoms with van der Waals surface area (Å²) in [5.41, 5.74) is 0. The monoisotopic (exact) mass is 447 g/mol. The zero-order valence-electron chi connectivity index (χ0n) is 18.4. The third-order valence-electron chi connectivity index (χ3n) is 6.59. The number of sulfonamides is 1. The molecule has 31 heavy (non-hydrogen) atoms. The molecule has 4 atom stereocenters. The molecule has 0 heterocycles. The lowest BCUT2D eigenvalue weighted by Gasteiger charge is -2.23. The van der Waals surface area contributed by atoms with E-state index in [1.807, 2.05) is 13.8 Å². The summed E-state index contributed by atoms with van der Waals surface area (Å²) in [4.78, 5) is 38.5. The van der Waals surface area contributed by atoms with E-state index < -0.39 is 27.8 Å². The predicted octanol–water partition coefficient (Wildman–Crippen LogP) is 3.69. The van der Waals surface area contributed by atoms with Crippen LogP contribution in [-0.4, -0.2) is 31.8 Å². The summed E-state index contributed by atoms with van der Waals surface area (Å²) >= 11 is 0. The van der Waals surface area contributed by atoms with E-state index in [0.717, 1.165) is 25.7 Å². The van der Waals surface area contributed by atoms with Crippen LogP contribution in [0.4, 0.5) is 0 Å². The first-order valence-corrected chi connectivity index (χ1v) is 12.8. The first kappa shape index (κ1) is 23.8. The molecule has 4 unspecified atom stereocenters. The summed E-state index contributed by atoms with van der Waals surface area (Å²) in [6.45, 7) is 3.84. The smallest absolute Gasteiger partial charge is 0.241 e. The maximum atomic E-state index is 13.2. The van der Waals surface area contributed by atoms with Crippen LogP contribution in [0, 0.1) is 23.7 Å². The van der Waals surface area contributed by atoms with Crippen LogP contribution in [0.3, 0.4) is 0 Å². The van der Waals surface area contributed by atoms with Crippen molar-refractivity contribution in [2.45, 2.75) is 76.2 Å². The van der Waals surface area contributed by atoms with Crippen molar-refractivity contribution in [1.29, 1.82) is 0 Å². The molecule has 0 aliphatic heterocycles. The van der Waals surface area contributed by atoms with Gasteiger partial charge in [0.1, 0.15) is 0 Å². The maximum absolute atomic E-state index is 13.2. The minimum Gasteiger partial charge on any atom is -0.298 e. The highest BCUT2D eigenvalue weighted by Crippen LogP contribution is 2.39. The van der Waals surface area contributed by atoms with Crippen molar-refractivity contribution in [3.05, 3.63) is 30.3 Å². The van der Waals surface area contributed by atoms with Gasteiger partial charge in [-0.15, -0.1) is 0 Å². The third kappa shape index (κ3) is 6.32. The van der Waals surface area contributed by atoms with Gasteiger partial charge in [-0.3, -0.25) is 14.4 Å². The van der Waals surface area contributed by atoms with Crippen molar-refractivity contribution in [3.8, 4) is 0 Å². The number of rotatable bonds is 8. The van der Waals surface area contributed by atoms with Crippen molar-refractivity contribution >= 4 is 27.4 Å². The van der Waals surface area contributed by atoms with E-state index in [-0.39, 0.29) is 35.2 Å². The normalized spacial score (nSPS) is 25.7. The number of hydrogen-bond acceptors (Lipinski definition) is 5. The van der Waals surface area contributed by atoms with Gasteiger partial charge in [-0.05, 0) is 55.6 Å². The number of carbonyl (C=O) groups is 3. The van der Waals surface area contributed by atoms with E-state index in [2.05, 4.69) is 4.72 Å². The van der Waals surface area contributed by atoms with Gasteiger partial charge in [0.2, 0.25) is 15.8 Å². The Bertz CT molecular complexity index is 909. The van der Waals surface area contributed by atoms with Crippen molar-refractivity contribution in [1.82, 2.24) is 4.72 Å². The van der Waals surface area contributed by atoms with Gasteiger partial charge in [0, 0.05) is 18.8 Å². The van der Waals surface area contributed by atoms with Crippen LogP contribution >= 0.6 is 0 Å². The molecule has 2 aliphatic carbocycles. The van der Waals surface area contributed by atoms with Crippen molar-refractivity contribution in [2.75, 3.05) is 0 Å². The Kier molecular flexibility index (Phi) is 7.81. The van der Waals surface area contributed by atoms with Gasteiger partial charge >= 0.3 is 0 Å². The molecule has 0 saturated heterocycles. The standard InChI is InChI=1S/C24H33NO5S/c1-16(2)12-21(25-31(29,30)20-6-4-3-5-7-20)23(27)15-19-14-18-9-8-17(13-18)10-11-22(26)24(19)28/h3-7,16-19,21,25H,8-15H2,1-2H3. The zero-order valence-corrected chi connectivity index (χ0v) is 19.2. The summed E-state index contributed by atoms with van der Waals surface area (Å²) in [5.74, 6) is -0.831. The largest absolute Gasteiger partial charge is 0.298 e. The van der Waals surface area contributed by atoms with Gasteiger partial charge in [0.25, 0.3) is 0 Å². The number of hydrogen-bond donors (Lipinski definition) is 1. The van der Waals surface area contributed by atoms with Gasteiger partial charge in [-0.1, -0.05) is 44.9 Å². The van der Waals surface area contributed by atoms with E-state index in [0.29, 0.717) is 24.7 Å². The van der Waals surface area contributed by atoms with Gasteiger partial charge in [0.05, 0.1) is 10.9 Å². The average molecular weight is 448 g/mol. The topological polar surface area (TPSA) is 97.4 Å². The lowest BCUT2D eigenvalue weighted by Crippen LogP contribution is -2.43. The summed E-state index contributed by atoms with van der Waals surface area (Å²) in [6, 6.07) is 7.03. The Labute approximate surface area is 185 Å². The van der Waals surface area contributed by atoms with E-state index in [1.54, 1.807) is 18.2 Å². The lowest BCUT2D eigenvalue weighted by molar-refractivity contribution is -0.140. The molecule has 1 aromatic carbocycles. The molecule has 3 rings (SSSR count). The summed E-state index contributed by atoms with van der Waals surface area (Å²) < 4.78 is 28.2. The fourth-order valence-electron chi connectivity index (χ4n) is 4.98. The van der Waals surface area contributed by atoms with Gasteiger partial charge < -0.3 is 0 Å². The second-order valence-electron chi connectivity index (χ2n) is 9.59. The molecular weight excluding hydrogens is 414 g/mol. The number of fused-ring (bicyclic) bond motifs is 2. The molecule has 2 fully saturated rings. The van der Waals surface area contributed by atoms with Crippen LogP contribution in [0.2, 0.25) is 0 Å². The number of ketones is 3. The molecule has 2 saturated carbocycles. The minimum absolute atomic E-state index is 0.0829. The third-order valence-corrected chi connectivity index (χ3v) is 8.07. The highest BCUT2D eigenvalue weighted by Gasteiger charge is 2.37. The van der Waals surface area contributed by atoms with Crippen molar-refractivity contribution < 1.29 is 22.8 Å². The second kappa shape index (κ2) is 10.2. The fourth-order valence-corrected chi connectivity index (χ4v) is 6.24. The Morgan fingerprint density at radius 3 is 2.39 bits per heavy atom. The first-order valence-electron chi connectivity index (χ1n) is 11.3. The average Bonchev–Trinajstić information content (AvgIpc) is 3.18. The van der Waals surface area contributed by atoms with E-state index in [4.69, 9.17) is 0 Å². The number of Topliss-reactive ketones (excluding diaryl/α,β-unsaturated/α-hetero) is 3. The fraction of sp³-hybridized carbons (Fsp3) is 0.625.